The number of rotatable bonds is 3. The van der Waals surface area contributed by atoms with Gasteiger partial charge in [-0.1, -0.05) is 18.7 Å². The number of aliphatic hydroxyl groups is 1. The molecular formula is C20H22FN5O2. The van der Waals surface area contributed by atoms with Crippen LogP contribution in [0.15, 0.2) is 47.3 Å². The summed E-state index contributed by atoms with van der Waals surface area (Å²) in [5.41, 5.74) is 1.09. The maximum atomic E-state index is 13.1. The second-order valence-electron chi connectivity index (χ2n) is 7.39. The highest BCUT2D eigenvalue weighted by atomic mass is 19.1. The first kappa shape index (κ1) is 18.4. The molecule has 146 valence electrons. The van der Waals surface area contributed by atoms with Crippen LogP contribution in [0.25, 0.3) is 5.70 Å². The van der Waals surface area contributed by atoms with E-state index in [9.17, 15) is 9.50 Å². The van der Waals surface area contributed by atoms with Crippen LogP contribution in [0, 0.1) is 5.82 Å². The minimum atomic E-state index is -0.608. The fourth-order valence-corrected chi connectivity index (χ4v) is 3.43. The van der Waals surface area contributed by atoms with Crippen LogP contribution in [-0.4, -0.2) is 49.4 Å². The molecule has 2 aliphatic heterocycles. The standard InChI is InChI=1S/C20H22FN5O2/c1-12-17(27)16(22-19-20(2,3)28-10-9-26(12)19)18-24-23-15(25(18)4)11-13-5-7-14(21)8-6-13/h5-8,27H,1,9-11H2,2-4H3. The van der Waals surface area contributed by atoms with Gasteiger partial charge in [0.25, 0.3) is 0 Å². The number of ether oxygens (including phenoxy) is 1. The summed E-state index contributed by atoms with van der Waals surface area (Å²) >= 11 is 0. The number of aliphatic imine (C=N–C) groups is 1. The number of benzene rings is 1. The summed E-state index contributed by atoms with van der Waals surface area (Å²) in [5, 5.41) is 19.2. The van der Waals surface area contributed by atoms with Crippen LogP contribution < -0.4 is 0 Å². The van der Waals surface area contributed by atoms with E-state index < -0.39 is 5.60 Å². The Morgan fingerprint density at radius 3 is 2.68 bits per heavy atom. The van der Waals surface area contributed by atoms with Crippen molar-refractivity contribution in [2.45, 2.75) is 25.9 Å². The largest absolute Gasteiger partial charge is 0.504 e. The maximum absolute atomic E-state index is 13.1. The molecule has 1 aromatic carbocycles. The molecular weight excluding hydrogens is 361 g/mol. The van der Waals surface area contributed by atoms with Crippen molar-refractivity contribution in [3.05, 3.63) is 65.3 Å². The number of halogens is 1. The molecule has 0 bridgehead atoms. The third-order valence-corrected chi connectivity index (χ3v) is 5.07. The summed E-state index contributed by atoms with van der Waals surface area (Å²) in [4.78, 5) is 6.54. The van der Waals surface area contributed by atoms with E-state index in [1.165, 1.54) is 12.1 Å². The molecule has 0 aliphatic carbocycles. The van der Waals surface area contributed by atoms with Crippen molar-refractivity contribution in [1.82, 2.24) is 19.7 Å². The monoisotopic (exact) mass is 383 g/mol. The van der Waals surface area contributed by atoms with Crippen molar-refractivity contribution < 1.29 is 14.2 Å². The fourth-order valence-electron chi connectivity index (χ4n) is 3.43. The molecule has 1 N–H and O–H groups in total. The number of amidine groups is 1. The Hall–Kier alpha value is -3.00. The number of hydrogen-bond donors (Lipinski definition) is 1. The Labute approximate surface area is 162 Å². The quantitative estimate of drug-likeness (QED) is 0.882. The SMILES string of the molecule is C=C1C(O)=C(c2nnc(Cc3ccc(F)cc3)n2C)N=C2N1CCOC2(C)C. The first-order chi connectivity index (χ1) is 13.3. The van der Waals surface area contributed by atoms with E-state index in [2.05, 4.69) is 21.8 Å². The molecule has 4 rings (SSSR count). The second-order valence-corrected chi connectivity index (χ2v) is 7.39. The Kier molecular flexibility index (Phi) is 4.30. The van der Waals surface area contributed by atoms with Crippen LogP contribution >= 0.6 is 0 Å². The number of aliphatic hydroxyl groups excluding tert-OH is 1. The molecule has 1 aromatic heterocycles. The van der Waals surface area contributed by atoms with E-state index in [0.717, 1.165) is 5.56 Å². The highest BCUT2D eigenvalue weighted by molar-refractivity contribution is 5.98. The molecule has 0 saturated carbocycles. The summed E-state index contributed by atoms with van der Waals surface area (Å²) in [5.74, 6) is 1.49. The highest BCUT2D eigenvalue weighted by Crippen LogP contribution is 2.34. The van der Waals surface area contributed by atoms with E-state index in [0.29, 0.717) is 48.5 Å². The summed E-state index contributed by atoms with van der Waals surface area (Å²) < 4.78 is 20.7. The van der Waals surface area contributed by atoms with Gasteiger partial charge in [-0.2, -0.15) is 0 Å². The molecule has 28 heavy (non-hydrogen) atoms. The lowest BCUT2D eigenvalue weighted by atomic mass is 10.0. The second kappa shape index (κ2) is 6.56. The number of nitrogens with zero attached hydrogens (tertiary/aromatic N) is 5. The molecule has 0 amide bonds. The van der Waals surface area contributed by atoms with Crippen molar-refractivity contribution in [1.29, 1.82) is 0 Å². The molecule has 7 nitrogen and oxygen atoms in total. The van der Waals surface area contributed by atoms with E-state index in [-0.39, 0.29) is 11.6 Å². The number of hydrogen-bond acceptors (Lipinski definition) is 6. The number of morpholine rings is 1. The van der Waals surface area contributed by atoms with Crippen LogP contribution in [0.1, 0.15) is 31.1 Å². The van der Waals surface area contributed by atoms with Gasteiger partial charge in [0.1, 0.15) is 23.1 Å². The smallest absolute Gasteiger partial charge is 0.186 e. The normalized spacial score (nSPS) is 18.9. The predicted octanol–water partition coefficient (Wildman–Crippen LogP) is 2.81. The summed E-state index contributed by atoms with van der Waals surface area (Å²) in [6.07, 6.45) is 0.482. The zero-order valence-corrected chi connectivity index (χ0v) is 16.1. The van der Waals surface area contributed by atoms with Crippen molar-refractivity contribution in [3.8, 4) is 0 Å². The van der Waals surface area contributed by atoms with E-state index >= 15 is 0 Å². The van der Waals surface area contributed by atoms with Crippen LogP contribution in [-0.2, 0) is 18.2 Å². The molecule has 0 spiro atoms. The van der Waals surface area contributed by atoms with Gasteiger partial charge in [-0.05, 0) is 31.5 Å². The lowest BCUT2D eigenvalue weighted by Gasteiger charge is -2.43. The van der Waals surface area contributed by atoms with Gasteiger partial charge in [0.15, 0.2) is 17.3 Å². The summed E-state index contributed by atoms with van der Waals surface area (Å²) in [6, 6.07) is 6.25. The van der Waals surface area contributed by atoms with Crippen molar-refractivity contribution in [2.24, 2.45) is 12.0 Å². The molecule has 1 fully saturated rings. The van der Waals surface area contributed by atoms with Gasteiger partial charge in [-0.25, -0.2) is 9.38 Å². The van der Waals surface area contributed by atoms with Crippen molar-refractivity contribution >= 4 is 11.5 Å². The average Bonchev–Trinajstić information content (AvgIpc) is 3.00. The molecule has 0 atom stereocenters. The minimum absolute atomic E-state index is 0.0229. The molecule has 3 heterocycles. The van der Waals surface area contributed by atoms with Crippen LogP contribution in [0.4, 0.5) is 4.39 Å². The Balaban J connectivity index is 1.71. The van der Waals surface area contributed by atoms with E-state index in [1.54, 1.807) is 16.7 Å². The zero-order chi connectivity index (χ0) is 20.1. The molecule has 2 aliphatic rings. The van der Waals surface area contributed by atoms with Crippen LogP contribution in [0.2, 0.25) is 0 Å². The zero-order valence-electron chi connectivity index (χ0n) is 16.1. The fraction of sp³-hybridized carbons (Fsp3) is 0.350. The third-order valence-electron chi connectivity index (χ3n) is 5.07. The molecule has 0 radical (unpaired) electrons. The third kappa shape index (κ3) is 2.99. The topological polar surface area (TPSA) is 75.8 Å². The Morgan fingerprint density at radius 1 is 1.25 bits per heavy atom. The first-order valence-corrected chi connectivity index (χ1v) is 9.04. The lowest BCUT2D eigenvalue weighted by Crippen LogP contribution is -2.54. The van der Waals surface area contributed by atoms with Crippen molar-refractivity contribution in [2.75, 3.05) is 13.2 Å². The highest BCUT2D eigenvalue weighted by Gasteiger charge is 2.40. The number of aromatic nitrogens is 3. The molecule has 0 unspecified atom stereocenters. The van der Waals surface area contributed by atoms with Gasteiger partial charge in [0.05, 0.1) is 12.3 Å². The van der Waals surface area contributed by atoms with Gasteiger partial charge in [-0.3, -0.25) is 0 Å². The van der Waals surface area contributed by atoms with Gasteiger partial charge in [0.2, 0.25) is 0 Å². The van der Waals surface area contributed by atoms with E-state index in [1.807, 2.05) is 25.8 Å². The first-order valence-electron chi connectivity index (χ1n) is 9.04. The van der Waals surface area contributed by atoms with Crippen LogP contribution in [0.5, 0.6) is 0 Å². The lowest BCUT2D eigenvalue weighted by molar-refractivity contribution is -0.000981. The van der Waals surface area contributed by atoms with Crippen LogP contribution in [0.3, 0.4) is 0 Å². The minimum Gasteiger partial charge on any atom is -0.504 e. The summed E-state index contributed by atoms with van der Waals surface area (Å²) in [6.45, 7) is 8.99. The molecule has 1 saturated heterocycles. The Bertz CT molecular complexity index is 1000. The predicted molar refractivity (Wildman–Crippen MR) is 103 cm³/mol. The van der Waals surface area contributed by atoms with Gasteiger partial charge >= 0.3 is 0 Å². The summed E-state index contributed by atoms with van der Waals surface area (Å²) in [7, 11) is 1.81. The maximum Gasteiger partial charge on any atom is 0.186 e. The van der Waals surface area contributed by atoms with E-state index in [4.69, 9.17) is 4.74 Å². The van der Waals surface area contributed by atoms with Gasteiger partial charge < -0.3 is 19.3 Å². The number of fused-ring (bicyclic) bond motifs is 1. The van der Waals surface area contributed by atoms with Crippen molar-refractivity contribution in [3.63, 3.8) is 0 Å². The molecule has 8 heteroatoms. The Morgan fingerprint density at radius 2 is 1.96 bits per heavy atom. The van der Waals surface area contributed by atoms with Gasteiger partial charge in [0, 0.05) is 20.0 Å². The average molecular weight is 383 g/mol. The molecule has 2 aromatic rings. The van der Waals surface area contributed by atoms with Gasteiger partial charge in [-0.15, -0.1) is 10.2 Å².